The molecular weight excluding hydrogens is 183 g/mol. The third kappa shape index (κ3) is 1.70. The summed E-state index contributed by atoms with van der Waals surface area (Å²) in [5, 5.41) is 0. The summed E-state index contributed by atoms with van der Waals surface area (Å²) in [6.07, 6.45) is 4.04. The fourth-order valence-corrected chi connectivity index (χ4v) is 1.76. The molecule has 4 heteroatoms. The molecule has 0 spiro atoms. The highest BCUT2D eigenvalue weighted by Gasteiger charge is 2.23. The Balaban J connectivity index is 2.13. The lowest BCUT2D eigenvalue weighted by atomic mass is 10.3. The van der Waals surface area contributed by atoms with E-state index in [1.165, 1.54) is 6.20 Å². The number of aromatic nitrogens is 1. The van der Waals surface area contributed by atoms with Crippen LogP contribution in [-0.2, 0) is 4.74 Å². The highest BCUT2D eigenvalue weighted by atomic mass is 19.1. The average Bonchev–Trinajstić information content (AvgIpc) is 2.67. The number of nitrogens with zero attached hydrogens (tertiary/aromatic N) is 2. The van der Waals surface area contributed by atoms with E-state index in [2.05, 4.69) is 4.98 Å². The number of anilines is 1. The molecule has 1 saturated heterocycles. The van der Waals surface area contributed by atoms with Crippen LogP contribution >= 0.6 is 0 Å². The van der Waals surface area contributed by atoms with Gasteiger partial charge in [-0.15, -0.1) is 0 Å². The summed E-state index contributed by atoms with van der Waals surface area (Å²) < 4.78 is 18.6. The van der Waals surface area contributed by atoms with Gasteiger partial charge in [0.2, 0.25) is 0 Å². The lowest BCUT2D eigenvalue weighted by Gasteiger charge is -2.18. The summed E-state index contributed by atoms with van der Waals surface area (Å²) in [5.74, 6) is -0.260. The smallest absolute Gasteiger partial charge is 0.164 e. The Kier molecular flexibility index (Phi) is 2.63. The predicted octanol–water partition coefficient (Wildman–Crippen LogP) is 1.45. The third-order valence-electron chi connectivity index (χ3n) is 2.57. The van der Waals surface area contributed by atoms with Crippen LogP contribution < -0.4 is 4.90 Å². The maximum absolute atomic E-state index is 13.3. The van der Waals surface area contributed by atoms with Crippen LogP contribution in [0.2, 0.25) is 0 Å². The topological polar surface area (TPSA) is 25.4 Å². The standard InChI is InChI=1S/C10H13FN2O/c1-14-8-3-5-13(7-8)10-2-4-12-6-9(10)11/h2,4,6,8H,3,5,7H2,1H3. The number of hydrogen-bond acceptors (Lipinski definition) is 3. The van der Waals surface area contributed by atoms with Crippen molar-refractivity contribution in [2.75, 3.05) is 25.1 Å². The number of pyridine rings is 1. The molecule has 0 aromatic carbocycles. The van der Waals surface area contributed by atoms with E-state index in [-0.39, 0.29) is 11.9 Å². The van der Waals surface area contributed by atoms with Crippen molar-refractivity contribution in [1.82, 2.24) is 4.98 Å². The molecule has 0 aliphatic carbocycles. The van der Waals surface area contributed by atoms with Crippen LogP contribution in [0.3, 0.4) is 0 Å². The van der Waals surface area contributed by atoms with Gasteiger partial charge in [-0.25, -0.2) is 4.39 Å². The zero-order valence-electron chi connectivity index (χ0n) is 8.11. The second-order valence-electron chi connectivity index (χ2n) is 3.42. The maximum Gasteiger partial charge on any atom is 0.164 e. The Morgan fingerprint density at radius 2 is 2.50 bits per heavy atom. The van der Waals surface area contributed by atoms with Crippen molar-refractivity contribution in [1.29, 1.82) is 0 Å². The Morgan fingerprint density at radius 1 is 1.64 bits per heavy atom. The average molecular weight is 196 g/mol. The van der Waals surface area contributed by atoms with Crippen LogP contribution in [0.15, 0.2) is 18.5 Å². The van der Waals surface area contributed by atoms with Crippen LogP contribution in [-0.4, -0.2) is 31.3 Å². The van der Waals surface area contributed by atoms with E-state index in [4.69, 9.17) is 4.74 Å². The Hall–Kier alpha value is -1.16. The minimum absolute atomic E-state index is 0.225. The largest absolute Gasteiger partial charge is 0.380 e. The normalized spacial score (nSPS) is 21.6. The molecule has 0 radical (unpaired) electrons. The van der Waals surface area contributed by atoms with Crippen molar-refractivity contribution in [3.63, 3.8) is 0 Å². The minimum atomic E-state index is -0.260. The lowest BCUT2D eigenvalue weighted by molar-refractivity contribution is 0.121. The van der Waals surface area contributed by atoms with Gasteiger partial charge in [0.05, 0.1) is 18.0 Å². The lowest BCUT2D eigenvalue weighted by Crippen LogP contribution is -2.23. The molecule has 0 amide bonds. The Bertz CT molecular complexity index is 319. The summed E-state index contributed by atoms with van der Waals surface area (Å²) in [7, 11) is 1.69. The quantitative estimate of drug-likeness (QED) is 0.715. The van der Waals surface area contributed by atoms with Gasteiger partial charge in [-0.2, -0.15) is 0 Å². The molecular formula is C10H13FN2O. The number of rotatable bonds is 2. The summed E-state index contributed by atoms with van der Waals surface area (Å²) in [6, 6.07) is 1.70. The van der Waals surface area contributed by atoms with E-state index in [9.17, 15) is 4.39 Å². The molecule has 0 bridgehead atoms. The van der Waals surface area contributed by atoms with Gasteiger partial charge in [-0.1, -0.05) is 0 Å². The van der Waals surface area contributed by atoms with Gasteiger partial charge < -0.3 is 9.64 Å². The highest BCUT2D eigenvalue weighted by Crippen LogP contribution is 2.23. The van der Waals surface area contributed by atoms with Crippen LogP contribution in [0.5, 0.6) is 0 Å². The fourth-order valence-electron chi connectivity index (χ4n) is 1.76. The minimum Gasteiger partial charge on any atom is -0.380 e. The first-order valence-electron chi connectivity index (χ1n) is 4.68. The predicted molar refractivity (Wildman–Crippen MR) is 51.8 cm³/mol. The first-order chi connectivity index (χ1) is 6.81. The van der Waals surface area contributed by atoms with Gasteiger partial charge in [-0.3, -0.25) is 4.98 Å². The van der Waals surface area contributed by atoms with Crippen molar-refractivity contribution in [3.05, 3.63) is 24.3 Å². The van der Waals surface area contributed by atoms with E-state index in [1.807, 2.05) is 4.90 Å². The van der Waals surface area contributed by atoms with Gasteiger partial charge in [-0.05, 0) is 12.5 Å². The molecule has 1 aromatic heterocycles. The fraction of sp³-hybridized carbons (Fsp3) is 0.500. The number of hydrogen-bond donors (Lipinski definition) is 0. The Labute approximate surface area is 82.5 Å². The first kappa shape index (κ1) is 9.40. The molecule has 1 aliphatic rings. The molecule has 3 nitrogen and oxygen atoms in total. The van der Waals surface area contributed by atoms with Crippen molar-refractivity contribution in [3.8, 4) is 0 Å². The third-order valence-corrected chi connectivity index (χ3v) is 2.57. The van der Waals surface area contributed by atoms with E-state index in [0.717, 1.165) is 19.5 Å². The van der Waals surface area contributed by atoms with Crippen LogP contribution in [0, 0.1) is 5.82 Å². The Morgan fingerprint density at radius 3 is 3.14 bits per heavy atom. The van der Waals surface area contributed by atoms with Crippen LogP contribution in [0.4, 0.5) is 10.1 Å². The first-order valence-corrected chi connectivity index (χ1v) is 4.68. The molecule has 0 saturated carbocycles. The summed E-state index contributed by atoms with van der Waals surface area (Å²) in [5.41, 5.74) is 0.625. The summed E-state index contributed by atoms with van der Waals surface area (Å²) in [4.78, 5) is 5.71. The monoisotopic (exact) mass is 196 g/mol. The molecule has 1 aromatic rings. The van der Waals surface area contributed by atoms with Crippen molar-refractivity contribution in [2.24, 2.45) is 0 Å². The van der Waals surface area contributed by atoms with E-state index < -0.39 is 0 Å². The van der Waals surface area contributed by atoms with Gasteiger partial charge in [0.1, 0.15) is 0 Å². The van der Waals surface area contributed by atoms with E-state index in [0.29, 0.717) is 5.69 Å². The molecule has 1 aliphatic heterocycles. The molecule has 76 valence electrons. The summed E-state index contributed by atoms with van der Waals surface area (Å²) in [6.45, 7) is 1.61. The number of methoxy groups -OCH3 is 1. The number of halogens is 1. The van der Waals surface area contributed by atoms with E-state index in [1.54, 1.807) is 19.4 Å². The zero-order chi connectivity index (χ0) is 9.97. The second-order valence-corrected chi connectivity index (χ2v) is 3.42. The highest BCUT2D eigenvalue weighted by molar-refractivity contribution is 5.47. The van der Waals surface area contributed by atoms with Gasteiger partial charge >= 0.3 is 0 Å². The molecule has 0 N–H and O–H groups in total. The maximum atomic E-state index is 13.3. The molecule has 1 unspecified atom stereocenters. The van der Waals surface area contributed by atoms with Crippen LogP contribution in [0.1, 0.15) is 6.42 Å². The van der Waals surface area contributed by atoms with Crippen molar-refractivity contribution >= 4 is 5.69 Å². The van der Waals surface area contributed by atoms with Gasteiger partial charge in [0.15, 0.2) is 5.82 Å². The molecule has 14 heavy (non-hydrogen) atoms. The summed E-state index contributed by atoms with van der Waals surface area (Å²) >= 11 is 0. The van der Waals surface area contributed by atoms with Crippen LogP contribution in [0.25, 0.3) is 0 Å². The van der Waals surface area contributed by atoms with Crippen molar-refractivity contribution in [2.45, 2.75) is 12.5 Å². The van der Waals surface area contributed by atoms with Gasteiger partial charge in [0, 0.05) is 26.4 Å². The zero-order valence-corrected chi connectivity index (χ0v) is 8.11. The van der Waals surface area contributed by atoms with E-state index >= 15 is 0 Å². The molecule has 2 rings (SSSR count). The van der Waals surface area contributed by atoms with Crippen molar-refractivity contribution < 1.29 is 9.13 Å². The molecule has 1 fully saturated rings. The molecule has 2 heterocycles. The second kappa shape index (κ2) is 3.92. The number of ether oxygens (including phenoxy) is 1. The molecule has 1 atom stereocenters. The van der Waals surface area contributed by atoms with Gasteiger partial charge in [0.25, 0.3) is 0 Å². The SMILES string of the molecule is COC1CCN(c2ccncc2F)C1.